The molecule has 2 N–H and O–H groups in total. The molecule has 5 aliphatic carbocycles. The molecule has 0 aliphatic heterocycles. The van der Waals surface area contributed by atoms with Gasteiger partial charge in [0.1, 0.15) is 0 Å². The van der Waals surface area contributed by atoms with Crippen molar-refractivity contribution in [2.24, 2.45) is 47.3 Å². The molecule has 0 saturated heterocycles. The van der Waals surface area contributed by atoms with Gasteiger partial charge in [0.2, 0.25) is 0 Å². The quantitative estimate of drug-likeness (QED) is 0.689. The molecule has 0 aromatic rings. The second kappa shape index (κ2) is 3.32. The van der Waals surface area contributed by atoms with Gasteiger partial charge in [-0.3, -0.25) is 0 Å². The lowest BCUT2D eigenvalue weighted by Gasteiger charge is -2.51. The van der Waals surface area contributed by atoms with E-state index in [4.69, 9.17) is 0 Å². The molecule has 8 atom stereocenters. The maximum absolute atomic E-state index is 10.9. The summed E-state index contributed by atoms with van der Waals surface area (Å²) in [7, 11) is 0. The van der Waals surface area contributed by atoms with E-state index in [0.29, 0.717) is 23.7 Å². The minimum atomic E-state index is -0.0750. The second-order valence-corrected chi connectivity index (χ2v) is 7.96. The van der Waals surface area contributed by atoms with Crippen LogP contribution in [0.1, 0.15) is 38.5 Å². The van der Waals surface area contributed by atoms with Crippen LogP contribution in [0.3, 0.4) is 0 Å². The fraction of sp³-hybridized carbons (Fsp3) is 1.00. The van der Waals surface area contributed by atoms with E-state index < -0.39 is 0 Å². The minimum Gasteiger partial charge on any atom is -0.393 e. The van der Waals surface area contributed by atoms with Crippen molar-refractivity contribution in [3.05, 3.63) is 0 Å². The molecule has 0 aromatic carbocycles. The summed E-state index contributed by atoms with van der Waals surface area (Å²) in [4.78, 5) is 0. The van der Waals surface area contributed by atoms with Crippen LogP contribution in [0.15, 0.2) is 0 Å². The fourth-order valence-corrected chi connectivity index (χ4v) is 7.30. The predicted molar refractivity (Wildman–Crippen MR) is 67.6 cm³/mol. The number of fused-ring (bicyclic) bond motifs is 10. The Morgan fingerprint density at radius 3 is 1.06 bits per heavy atom. The van der Waals surface area contributed by atoms with Gasteiger partial charge >= 0.3 is 0 Å². The zero-order valence-electron chi connectivity index (χ0n) is 10.9. The summed E-state index contributed by atoms with van der Waals surface area (Å²) >= 11 is 0. The molecule has 8 unspecified atom stereocenters. The molecule has 0 aromatic heterocycles. The maximum Gasteiger partial charge on any atom is 0.0609 e. The molecule has 0 amide bonds. The third kappa shape index (κ3) is 1.06. The third-order valence-corrected chi connectivity index (χ3v) is 7.67. The summed E-state index contributed by atoms with van der Waals surface area (Å²) in [5, 5.41) is 21.8. The van der Waals surface area contributed by atoms with Crippen molar-refractivity contribution < 1.29 is 10.2 Å². The fourth-order valence-electron chi connectivity index (χ4n) is 7.30. The Labute approximate surface area is 109 Å². The number of hydrogen-bond donors (Lipinski definition) is 2. The van der Waals surface area contributed by atoms with Crippen LogP contribution < -0.4 is 0 Å². The first-order valence-corrected chi connectivity index (χ1v) is 8.12. The summed E-state index contributed by atoms with van der Waals surface area (Å²) in [6.07, 6.45) is 7.74. The van der Waals surface area contributed by atoms with E-state index in [1.807, 2.05) is 0 Å². The smallest absolute Gasteiger partial charge is 0.0609 e. The highest BCUT2D eigenvalue weighted by Gasteiger charge is 2.65. The van der Waals surface area contributed by atoms with Gasteiger partial charge < -0.3 is 10.2 Å². The molecule has 5 fully saturated rings. The zero-order valence-corrected chi connectivity index (χ0v) is 10.9. The second-order valence-electron chi connectivity index (χ2n) is 7.96. The molecule has 4 bridgehead atoms. The van der Waals surface area contributed by atoms with E-state index in [0.717, 1.165) is 23.7 Å². The zero-order chi connectivity index (χ0) is 12.0. The van der Waals surface area contributed by atoms with Crippen molar-refractivity contribution in [1.29, 1.82) is 0 Å². The summed E-state index contributed by atoms with van der Waals surface area (Å²) in [5.74, 6) is 4.79. The molecule has 2 heteroatoms. The van der Waals surface area contributed by atoms with E-state index in [1.54, 1.807) is 0 Å². The van der Waals surface area contributed by atoms with Crippen molar-refractivity contribution in [2.75, 3.05) is 0 Å². The van der Waals surface area contributed by atoms with Crippen molar-refractivity contribution >= 4 is 0 Å². The molecule has 100 valence electrons. The first-order chi connectivity index (χ1) is 8.75. The van der Waals surface area contributed by atoms with Crippen molar-refractivity contribution in [1.82, 2.24) is 0 Å². The van der Waals surface area contributed by atoms with Gasteiger partial charge in [0.25, 0.3) is 0 Å². The molecule has 0 spiro atoms. The Balaban J connectivity index is 1.57. The molecule has 2 nitrogen and oxygen atoms in total. The van der Waals surface area contributed by atoms with Crippen LogP contribution in [0.2, 0.25) is 0 Å². The van der Waals surface area contributed by atoms with Crippen molar-refractivity contribution in [2.45, 2.75) is 50.7 Å². The van der Waals surface area contributed by atoms with E-state index in [1.165, 1.54) is 38.5 Å². The first kappa shape index (κ1) is 10.7. The monoisotopic (exact) mass is 248 g/mol. The van der Waals surface area contributed by atoms with E-state index in [2.05, 4.69) is 0 Å². The van der Waals surface area contributed by atoms with E-state index in [9.17, 15) is 10.2 Å². The predicted octanol–water partition coefficient (Wildman–Crippen LogP) is 2.05. The van der Waals surface area contributed by atoms with Crippen LogP contribution in [0, 0.1) is 47.3 Å². The van der Waals surface area contributed by atoms with Crippen LogP contribution in [0.25, 0.3) is 0 Å². The van der Waals surface area contributed by atoms with Crippen LogP contribution >= 0.6 is 0 Å². The van der Waals surface area contributed by atoms with Gasteiger partial charge in [-0.2, -0.15) is 0 Å². The van der Waals surface area contributed by atoms with Gasteiger partial charge in [0.05, 0.1) is 12.2 Å². The molecule has 5 aliphatic rings. The van der Waals surface area contributed by atoms with Gasteiger partial charge in [0, 0.05) is 0 Å². The average molecular weight is 248 g/mol. The summed E-state index contributed by atoms with van der Waals surface area (Å²) < 4.78 is 0. The third-order valence-electron chi connectivity index (χ3n) is 7.67. The molecule has 18 heavy (non-hydrogen) atoms. The maximum atomic E-state index is 10.9. The Hall–Kier alpha value is -0.0800. The van der Waals surface area contributed by atoms with Crippen molar-refractivity contribution in [3.8, 4) is 0 Å². The highest BCUT2D eigenvalue weighted by Crippen LogP contribution is 2.66. The largest absolute Gasteiger partial charge is 0.393 e. The van der Waals surface area contributed by atoms with Gasteiger partial charge in [-0.05, 0) is 85.9 Å². The summed E-state index contributed by atoms with van der Waals surface area (Å²) in [6.45, 7) is 0. The highest BCUT2D eigenvalue weighted by atomic mass is 16.3. The Morgan fingerprint density at radius 1 is 0.500 bits per heavy atom. The lowest BCUT2D eigenvalue weighted by atomic mass is 9.57. The SMILES string of the molecule is OC1C2C3CCC(C3)C2C(O)C2C3CCC(C3)C12. The number of hydrogen-bond acceptors (Lipinski definition) is 2. The highest BCUT2D eigenvalue weighted by molar-refractivity contribution is 5.14. The van der Waals surface area contributed by atoms with Crippen LogP contribution in [0.4, 0.5) is 0 Å². The first-order valence-electron chi connectivity index (χ1n) is 8.12. The number of aliphatic hydroxyl groups excluding tert-OH is 2. The van der Waals surface area contributed by atoms with Crippen LogP contribution in [-0.4, -0.2) is 22.4 Å². The average Bonchev–Trinajstić information content (AvgIpc) is 3.10. The lowest BCUT2D eigenvalue weighted by molar-refractivity contribution is -0.149. The summed E-state index contributed by atoms with van der Waals surface area (Å²) in [6, 6.07) is 0. The summed E-state index contributed by atoms with van der Waals surface area (Å²) in [5.41, 5.74) is 0. The van der Waals surface area contributed by atoms with Gasteiger partial charge in [0.15, 0.2) is 0 Å². The molecular weight excluding hydrogens is 224 g/mol. The van der Waals surface area contributed by atoms with Gasteiger partial charge in [-0.25, -0.2) is 0 Å². The Morgan fingerprint density at radius 2 is 0.778 bits per heavy atom. The standard InChI is InChI=1S/C16H24O2/c17-15-11-7-1-2-8(5-7)12(11)16(18)14-10-4-3-9(6-10)13(14)15/h7-18H,1-6H2. The number of aliphatic hydroxyl groups is 2. The molecule has 5 saturated carbocycles. The molecule has 0 heterocycles. The van der Waals surface area contributed by atoms with Gasteiger partial charge in [-0.1, -0.05) is 0 Å². The molecule has 0 radical (unpaired) electrons. The molecule has 5 rings (SSSR count). The van der Waals surface area contributed by atoms with E-state index >= 15 is 0 Å². The van der Waals surface area contributed by atoms with Crippen molar-refractivity contribution in [3.63, 3.8) is 0 Å². The topological polar surface area (TPSA) is 40.5 Å². The Kier molecular flexibility index (Phi) is 1.97. The number of rotatable bonds is 0. The van der Waals surface area contributed by atoms with E-state index in [-0.39, 0.29) is 12.2 Å². The lowest BCUT2D eigenvalue weighted by Crippen LogP contribution is -2.55. The Bertz CT molecular complexity index is 313. The van der Waals surface area contributed by atoms with Gasteiger partial charge in [-0.15, -0.1) is 0 Å². The van der Waals surface area contributed by atoms with Crippen LogP contribution in [-0.2, 0) is 0 Å². The van der Waals surface area contributed by atoms with Crippen LogP contribution in [0.5, 0.6) is 0 Å². The normalized spacial score (nSPS) is 68.3. The molecular formula is C16H24O2. The minimum absolute atomic E-state index is 0.0750.